The molecular formula is C30H29NO5. The molecule has 1 N–H and O–H groups in total. The van der Waals surface area contributed by atoms with Crippen molar-refractivity contribution in [3.63, 3.8) is 0 Å². The first kappa shape index (κ1) is 22.5. The molecule has 2 aliphatic heterocycles. The highest BCUT2D eigenvalue weighted by atomic mass is 16.7. The number of carbonyl (C=O) groups is 1. The first-order valence-electron chi connectivity index (χ1n) is 12.2. The number of hydrogen-bond donors (Lipinski definition) is 1. The van der Waals surface area contributed by atoms with Crippen LogP contribution in [-0.4, -0.2) is 19.7 Å². The predicted octanol–water partition coefficient (Wildman–Crippen LogP) is 6.20. The van der Waals surface area contributed by atoms with Crippen molar-refractivity contribution in [2.24, 2.45) is 5.41 Å². The standard InChI is InChI=1S/C30H29NO5/c1-30(2)14-22-29(23(32)15-30)28(20-12-26-27(36-17-35-26)13-21(20)31-22)19-9-10-24(33-3)25(11-19)34-16-18-7-5-4-6-8-18/h4-13,28,31H,14-17H2,1-3H3/t28-/m0/s1. The van der Waals surface area contributed by atoms with Gasteiger partial charge in [0.2, 0.25) is 6.79 Å². The van der Waals surface area contributed by atoms with E-state index in [-0.39, 0.29) is 23.9 Å². The number of carbonyl (C=O) groups excluding carboxylic acids is 1. The number of methoxy groups -OCH3 is 1. The zero-order chi connectivity index (χ0) is 24.9. The van der Waals surface area contributed by atoms with E-state index in [9.17, 15) is 4.79 Å². The van der Waals surface area contributed by atoms with Crippen LogP contribution in [0.4, 0.5) is 5.69 Å². The van der Waals surface area contributed by atoms with Crippen LogP contribution in [-0.2, 0) is 11.4 Å². The molecule has 6 nitrogen and oxygen atoms in total. The van der Waals surface area contributed by atoms with Crippen LogP contribution in [0.15, 0.2) is 71.9 Å². The highest BCUT2D eigenvalue weighted by Crippen LogP contribution is 2.52. The maximum atomic E-state index is 13.6. The summed E-state index contributed by atoms with van der Waals surface area (Å²) < 4.78 is 23.2. The van der Waals surface area contributed by atoms with Crippen molar-refractivity contribution >= 4 is 11.5 Å². The molecule has 0 fully saturated rings. The number of allylic oxidation sites excluding steroid dienone is 2. The van der Waals surface area contributed by atoms with Gasteiger partial charge < -0.3 is 24.3 Å². The molecule has 0 radical (unpaired) electrons. The molecule has 0 saturated heterocycles. The van der Waals surface area contributed by atoms with Gasteiger partial charge in [0.15, 0.2) is 28.8 Å². The third kappa shape index (κ3) is 3.96. The lowest BCUT2D eigenvalue weighted by atomic mass is 9.68. The summed E-state index contributed by atoms with van der Waals surface area (Å²) in [6, 6.07) is 20.0. The minimum atomic E-state index is -0.251. The first-order valence-corrected chi connectivity index (χ1v) is 12.2. The van der Waals surface area contributed by atoms with Crippen molar-refractivity contribution in [3.05, 3.63) is 88.6 Å². The maximum Gasteiger partial charge on any atom is 0.231 e. The first-order chi connectivity index (χ1) is 17.4. The lowest BCUT2D eigenvalue weighted by Gasteiger charge is -2.39. The average Bonchev–Trinajstić information content (AvgIpc) is 3.32. The van der Waals surface area contributed by atoms with Gasteiger partial charge in [-0.3, -0.25) is 4.79 Å². The van der Waals surface area contributed by atoms with E-state index in [4.69, 9.17) is 18.9 Å². The number of benzene rings is 3. The van der Waals surface area contributed by atoms with Crippen molar-refractivity contribution in [1.82, 2.24) is 0 Å². The normalized spacial score (nSPS) is 19.3. The van der Waals surface area contributed by atoms with Crippen LogP contribution in [0.3, 0.4) is 0 Å². The minimum Gasteiger partial charge on any atom is -0.493 e. The van der Waals surface area contributed by atoms with E-state index in [1.54, 1.807) is 7.11 Å². The minimum absolute atomic E-state index is 0.106. The molecule has 0 aromatic heterocycles. The van der Waals surface area contributed by atoms with Gasteiger partial charge in [-0.05, 0) is 46.7 Å². The molecule has 0 saturated carbocycles. The molecule has 1 atom stereocenters. The summed E-state index contributed by atoms with van der Waals surface area (Å²) in [5.41, 5.74) is 5.67. The summed E-state index contributed by atoms with van der Waals surface area (Å²) in [7, 11) is 1.64. The van der Waals surface area contributed by atoms with Crippen molar-refractivity contribution < 1.29 is 23.7 Å². The molecule has 6 heteroatoms. The van der Waals surface area contributed by atoms with E-state index >= 15 is 0 Å². The third-order valence-corrected chi connectivity index (χ3v) is 7.11. The molecule has 3 aromatic rings. The molecular weight excluding hydrogens is 454 g/mol. The van der Waals surface area contributed by atoms with Gasteiger partial charge in [0.25, 0.3) is 0 Å². The van der Waals surface area contributed by atoms with Gasteiger partial charge in [0.1, 0.15) is 6.61 Å². The number of fused-ring (bicyclic) bond motifs is 2. The van der Waals surface area contributed by atoms with Crippen LogP contribution in [0.5, 0.6) is 23.0 Å². The van der Waals surface area contributed by atoms with Crippen molar-refractivity contribution in [3.8, 4) is 23.0 Å². The van der Waals surface area contributed by atoms with E-state index < -0.39 is 0 Å². The summed E-state index contributed by atoms with van der Waals surface area (Å²) >= 11 is 0. The topological polar surface area (TPSA) is 66.0 Å². The Morgan fingerprint density at radius 1 is 0.972 bits per heavy atom. The van der Waals surface area contributed by atoms with E-state index in [0.29, 0.717) is 36.0 Å². The number of Topliss-reactive ketones (excluding diaryl/α,β-unsaturated/α-hetero) is 1. The van der Waals surface area contributed by atoms with Gasteiger partial charge in [-0.25, -0.2) is 0 Å². The predicted molar refractivity (Wildman–Crippen MR) is 137 cm³/mol. The molecule has 0 amide bonds. The van der Waals surface area contributed by atoms with E-state index in [0.717, 1.165) is 40.1 Å². The van der Waals surface area contributed by atoms with Crippen molar-refractivity contribution in [2.45, 2.75) is 39.2 Å². The fraction of sp³-hybridized carbons (Fsp3) is 0.300. The van der Waals surface area contributed by atoms with Crippen LogP contribution in [0.2, 0.25) is 0 Å². The number of ketones is 1. The maximum absolute atomic E-state index is 13.6. The highest BCUT2D eigenvalue weighted by Gasteiger charge is 2.41. The lowest BCUT2D eigenvalue weighted by Crippen LogP contribution is -2.33. The molecule has 3 aromatic carbocycles. The molecule has 6 rings (SSSR count). The van der Waals surface area contributed by atoms with Crippen LogP contribution in [0.25, 0.3) is 0 Å². The zero-order valence-electron chi connectivity index (χ0n) is 20.7. The third-order valence-electron chi connectivity index (χ3n) is 7.11. The molecule has 3 aliphatic rings. The Balaban J connectivity index is 1.46. The van der Waals surface area contributed by atoms with Crippen molar-refractivity contribution in [1.29, 1.82) is 0 Å². The van der Waals surface area contributed by atoms with Gasteiger partial charge >= 0.3 is 0 Å². The fourth-order valence-corrected chi connectivity index (χ4v) is 5.47. The summed E-state index contributed by atoms with van der Waals surface area (Å²) in [5.74, 6) is 2.63. The molecule has 1 aliphatic carbocycles. The van der Waals surface area contributed by atoms with Gasteiger partial charge in [-0.2, -0.15) is 0 Å². The number of hydrogen-bond acceptors (Lipinski definition) is 6. The number of ether oxygens (including phenoxy) is 4. The summed E-state index contributed by atoms with van der Waals surface area (Å²) in [4.78, 5) is 13.6. The van der Waals surface area contributed by atoms with Crippen molar-refractivity contribution in [2.75, 3.05) is 19.2 Å². The number of nitrogens with one attached hydrogen (secondary N) is 1. The Hall–Kier alpha value is -3.93. The summed E-state index contributed by atoms with van der Waals surface area (Å²) in [5, 5.41) is 3.57. The van der Waals surface area contributed by atoms with Crippen LogP contribution < -0.4 is 24.3 Å². The van der Waals surface area contributed by atoms with Gasteiger partial charge in [-0.15, -0.1) is 0 Å². The molecule has 0 spiro atoms. The molecule has 0 unspecified atom stereocenters. The largest absolute Gasteiger partial charge is 0.493 e. The number of rotatable bonds is 5. The summed E-state index contributed by atoms with van der Waals surface area (Å²) in [6.45, 7) is 4.90. The van der Waals surface area contributed by atoms with E-state index in [2.05, 4.69) is 19.2 Å². The Bertz CT molecular complexity index is 1380. The highest BCUT2D eigenvalue weighted by molar-refractivity contribution is 6.01. The second-order valence-corrected chi connectivity index (χ2v) is 10.4. The second kappa shape index (κ2) is 8.63. The number of anilines is 1. The quantitative estimate of drug-likeness (QED) is 0.466. The molecule has 0 bridgehead atoms. The van der Waals surface area contributed by atoms with Crippen LogP contribution in [0.1, 0.15) is 49.3 Å². The Labute approximate surface area is 210 Å². The van der Waals surface area contributed by atoms with Crippen LogP contribution >= 0.6 is 0 Å². The Kier molecular flexibility index (Phi) is 5.40. The fourth-order valence-electron chi connectivity index (χ4n) is 5.47. The smallest absolute Gasteiger partial charge is 0.231 e. The SMILES string of the molecule is COc1ccc([C@@H]2C3=C(CC(C)(C)CC3=O)Nc3cc4c(cc32)OCO4)cc1OCc1ccccc1. The van der Waals surface area contributed by atoms with Gasteiger partial charge in [0.05, 0.1) is 7.11 Å². The average molecular weight is 484 g/mol. The zero-order valence-corrected chi connectivity index (χ0v) is 20.7. The molecule has 2 heterocycles. The van der Waals surface area contributed by atoms with E-state index in [1.165, 1.54) is 0 Å². The van der Waals surface area contributed by atoms with Crippen LogP contribution in [0, 0.1) is 5.41 Å². The molecule has 36 heavy (non-hydrogen) atoms. The Morgan fingerprint density at radius 3 is 2.53 bits per heavy atom. The van der Waals surface area contributed by atoms with Gasteiger partial charge in [-0.1, -0.05) is 50.2 Å². The molecule has 184 valence electrons. The second-order valence-electron chi connectivity index (χ2n) is 10.4. The lowest BCUT2D eigenvalue weighted by molar-refractivity contribution is -0.118. The van der Waals surface area contributed by atoms with E-state index in [1.807, 2.05) is 60.7 Å². The summed E-state index contributed by atoms with van der Waals surface area (Å²) in [6.07, 6.45) is 1.31. The monoisotopic (exact) mass is 483 g/mol. The van der Waals surface area contributed by atoms with Gasteiger partial charge in [0, 0.05) is 35.4 Å². The Morgan fingerprint density at radius 2 is 1.75 bits per heavy atom.